The molecule has 1 atom stereocenters. The van der Waals surface area contributed by atoms with Gasteiger partial charge in [0, 0.05) is 11.6 Å². The van der Waals surface area contributed by atoms with Crippen molar-refractivity contribution in [2.75, 3.05) is 13.1 Å². The van der Waals surface area contributed by atoms with Crippen LogP contribution in [-0.4, -0.2) is 23.1 Å². The molecule has 0 aliphatic rings. The Bertz CT molecular complexity index is 842. The fraction of sp³-hybridized carbons (Fsp3) is 0.250. The topological polar surface area (TPSA) is 23.5 Å². The minimum absolute atomic E-state index is 0.656. The van der Waals surface area contributed by atoms with Crippen molar-refractivity contribution in [3.63, 3.8) is 0 Å². The molecule has 140 valence electrons. The van der Waals surface area contributed by atoms with Crippen molar-refractivity contribution in [3.05, 3.63) is 106 Å². The Morgan fingerprint density at radius 1 is 0.741 bits per heavy atom. The van der Waals surface area contributed by atoms with Crippen LogP contribution in [0, 0.1) is 0 Å². The Morgan fingerprint density at radius 2 is 1.22 bits per heavy atom. The van der Waals surface area contributed by atoms with Crippen molar-refractivity contribution in [1.29, 1.82) is 0 Å². The summed E-state index contributed by atoms with van der Waals surface area (Å²) in [5.41, 5.74) is 2.51. The third-order valence-corrected chi connectivity index (χ3v) is 5.38. The molecule has 1 unspecified atom stereocenters. The molecule has 2 nitrogen and oxygen atoms in total. The molecule has 0 aliphatic carbocycles. The highest BCUT2D eigenvalue weighted by molar-refractivity contribution is 6.30. The molecular formula is C24H26ClNO. The number of hydrogen-bond donors (Lipinski definition) is 1. The van der Waals surface area contributed by atoms with Gasteiger partial charge in [-0.1, -0.05) is 92.2 Å². The van der Waals surface area contributed by atoms with Gasteiger partial charge in [-0.2, -0.15) is 0 Å². The van der Waals surface area contributed by atoms with Gasteiger partial charge >= 0.3 is 0 Å². The maximum absolute atomic E-state index is 11.8. The first-order valence-corrected chi connectivity index (χ1v) is 9.81. The van der Waals surface area contributed by atoms with Crippen molar-refractivity contribution < 1.29 is 5.11 Å². The predicted molar refractivity (Wildman–Crippen MR) is 113 cm³/mol. The van der Waals surface area contributed by atoms with Gasteiger partial charge in [0.25, 0.3) is 0 Å². The van der Waals surface area contributed by atoms with Crippen molar-refractivity contribution >= 4 is 11.6 Å². The van der Waals surface area contributed by atoms with Gasteiger partial charge < -0.3 is 5.11 Å². The predicted octanol–water partition coefficient (Wildman–Crippen LogP) is 5.47. The lowest BCUT2D eigenvalue weighted by atomic mass is 9.80. The van der Waals surface area contributed by atoms with E-state index in [9.17, 15) is 5.11 Å². The summed E-state index contributed by atoms with van der Waals surface area (Å²) in [6, 6.07) is 25.5. The molecule has 1 N–H and O–H groups in total. The Kier molecular flexibility index (Phi) is 6.33. The van der Waals surface area contributed by atoms with Crippen molar-refractivity contribution in [1.82, 2.24) is 4.90 Å². The first-order chi connectivity index (χ1) is 13.1. The quantitative estimate of drug-likeness (QED) is 0.550. The smallest absolute Gasteiger partial charge is 0.140 e. The van der Waals surface area contributed by atoms with E-state index in [0.29, 0.717) is 5.02 Å². The molecule has 3 heteroatoms. The van der Waals surface area contributed by atoms with Gasteiger partial charge in [0.05, 0.1) is 0 Å². The molecule has 0 aromatic heterocycles. The molecule has 0 radical (unpaired) electrons. The maximum Gasteiger partial charge on any atom is 0.140 e. The van der Waals surface area contributed by atoms with Crippen LogP contribution >= 0.6 is 11.6 Å². The Balaban J connectivity index is 2.02. The molecule has 3 aromatic rings. The highest BCUT2D eigenvalue weighted by Crippen LogP contribution is 2.37. The Morgan fingerprint density at radius 3 is 1.74 bits per heavy atom. The fourth-order valence-electron chi connectivity index (χ4n) is 3.43. The molecule has 0 saturated carbocycles. The molecule has 0 aliphatic heterocycles. The minimum Gasteiger partial charge on any atom is -0.376 e. The lowest BCUT2D eigenvalue weighted by Crippen LogP contribution is -2.29. The van der Waals surface area contributed by atoms with E-state index in [0.717, 1.165) is 36.3 Å². The monoisotopic (exact) mass is 379 g/mol. The van der Waals surface area contributed by atoms with Crippen LogP contribution in [0.15, 0.2) is 78.9 Å². The van der Waals surface area contributed by atoms with Crippen molar-refractivity contribution in [2.24, 2.45) is 0 Å². The summed E-state index contributed by atoms with van der Waals surface area (Å²) in [7, 11) is 0. The molecule has 3 rings (SSSR count). The number of nitrogens with zero attached hydrogens (tertiary/aromatic N) is 1. The van der Waals surface area contributed by atoms with Crippen LogP contribution in [0.3, 0.4) is 0 Å². The summed E-state index contributed by atoms with van der Waals surface area (Å²) < 4.78 is 0. The molecule has 0 spiro atoms. The van der Waals surface area contributed by atoms with Gasteiger partial charge in [-0.05, 0) is 47.5 Å². The highest BCUT2D eigenvalue weighted by Gasteiger charge is 2.33. The van der Waals surface area contributed by atoms with E-state index in [1.54, 1.807) is 0 Å². The first kappa shape index (κ1) is 19.6. The third-order valence-electron chi connectivity index (χ3n) is 5.13. The zero-order chi connectivity index (χ0) is 19.3. The van der Waals surface area contributed by atoms with E-state index in [4.69, 9.17) is 11.6 Å². The summed E-state index contributed by atoms with van der Waals surface area (Å²) in [4.78, 5) is 2.37. The van der Waals surface area contributed by atoms with Crippen LogP contribution in [0.2, 0.25) is 5.02 Å². The largest absolute Gasteiger partial charge is 0.376 e. The third kappa shape index (κ3) is 4.24. The second-order valence-corrected chi connectivity index (χ2v) is 7.18. The van der Waals surface area contributed by atoms with Gasteiger partial charge in [0.2, 0.25) is 0 Å². The number of benzene rings is 3. The van der Waals surface area contributed by atoms with Crippen LogP contribution in [0.1, 0.15) is 36.1 Å². The van der Waals surface area contributed by atoms with Gasteiger partial charge in [-0.25, -0.2) is 0 Å². The molecule has 0 amide bonds. The molecule has 0 heterocycles. The van der Waals surface area contributed by atoms with E-state index in [1.165, 1.54) is 5.56 Å². The lowest BCUT2D eigenvalue weighted by Gasteiger charge is -2.30. The number of hydrogen-bond acceptors (Lipinski definition) is 2. The normalized spacial score (nSPS) is 13.5. The highest BCUT2D eigenvalue weighted by atomic mass is 35.5. The van der Waals surface area contributed by atoms with Gasteiger partial charge in [0.15, 0.2) is 0 Å². The molecule has 27 heavy (non-hydrogen) atoms. The van der Waals surface area contributed by atoms with Crippen LogP contribution < -0.4 is 0 Å². The van der Waals surface area contributed by atoms with Crippen LogP contribution in [0.4, 0.5) is 0 Å². The van der Waals surface area contributed by atoms with E-state index in [-0.39, 0.29) is 0 Å². The molecule has 0 saturated heterocycles. The van der Waals surface area contributed by atoms with E-state index < -0.39 is 5.60 Å². The molecular weight excluding hydrogens is 354 g/mol. The molecule has 3 aromatic carbocycles. The maximum atomic E-state index is 11.8. The van der Waals surface area contributed by atoms with Crippen LogP contribution in [0.5, 0.6) is 0 Å². The summed E-state index contributed by atoms with van der Waals surface area (Å²) in [5.74, 6) is 0. The average molecular weight is 380 g/mol. The number of aliphatic hydroxyl groups is 1. The van der Waals surface area contributed by atoms with Gasteiger partial charge in [0.1, 0.15) is 5.60 Å². The number of rotatable bonds is 7. The van der Waals surface area contributed by atoms with Crippen LogP contribution in [0.25, 0.3) is 0 Å². The summed E-state index contributed by atoms with van der Waals surface area (Å²) >= 11 is 6.06. The summed E-state index contributed by atoms with van der Waals surface area (Å²) in [5, 5.41) is 12.5. The van der Waals surface area contributed by atoms with E-state index in [1.807, 2.05) is 66.7 Å². The molecule has 0 bridgehead atoms. The first-order valence-electron chi connectivity index (χ1n) is 9.43. The second kappa shape index (κ2) is 8.71. The molecule has 0 fully saturated rings. The zero-order valence-electron chi connectivity index (χ0n) is 15.9. The minimum atomic E-state index is -1.22. The second-order valence-electron chi connectivity index (χ2n) is 6.74. The lowest BCUT2D eigenvalue weighted by molar-refractivity contribution is 0.125. The van der Waals surface area contributed by atoms with E-state index in [2.05, 4.69) is 30.9 Å². The SMILES string of the molecule is CCN(CC)Cc1ccc(C(O)(c2ccccc2)c2ccc(Cl)cc2)cc1. The Hall–Kier alpha value is -2.13. The fourth-order valence-corrected chi connectivity index (χ4v) is 3.55. The number of halogens is 1. The van der Waals surface area contributed by atoms with Crippen LogP contribution in [-0.2, 0) is 12.1 Å². The zero-order valence-corrected chi connectivity index (χ0v) is 16.7. The summed E-state index contributed by atoms with van der Waals surface area (Å²) in [6.45, 7) is 7.31. The summed E-state index contributed by atoms with van der Waals surface area (Å²) in [6.07, 6.45) is 0. The standard InChI is InChI=1S/C24H26ClNO/c1-3-26(4-2)18-19-10-12-21(13-11-19)24(27,20-8-6-5-7-9-20)22-14-16-23(25)17-15-22/h5-17,27H,3-4,18H2,1-2H3. The Labute approximate surface area is 167 Å². The average Bonchev–Trinajstić information content (AvgIpc) is 2.73. The van der Waals surface area contributed by atoms with Crippen molar-refractivity contribution in [2.45, 2.75) is 26.0 Å². The van der Waals surface area contributed by atoms with Crippen molar-refractivity contribution in [3.8, 4) is 0 Å². The van der Waals surface area contributed by atoms with Gasteiger partial charge in [-0.3, -0.25) is 4.90 Å². The van der Waals surface area contributed by atoms with Gasteiger partial charge in [-0.15, -0.1) is 0 Å². The van der Waals surface area contributed by atoms with E-state index >= 15 is 0 Å².